The number of hydrogen-bond acceptors (Lipinski definition) is 2. The van der Waals surface area contributed by atoms with Crippen molar-refractivity contribution < 1.29 is 51.0 Å². The van der Waals surface area contributed by atoms with Crippen LogP contribution in [-0.2, 0) is 37.5 Å². The summed E-state index contributed by atoms with van der Waals surface area (Å²) in [7, 11) is 0. The molecule has 1 atom stereocenters. The van der Waals surface area contributed by atoms with Crippen molar-refractivity contribution in [3.05, 3.63) is 35.4 Å². The molecule has 2 rings (SSSR count). The summed E-state index contributed by atoms with van der Waals surface area (Å²) in [5.41, 5.74) is -0.126. The van der Waals surface area contributed by atoms with Gasteiger partial charge in [0, 0.05) is 45.2 Å². The fourth-order valence-corrected chi connectivity index (χ4v) is 2.33. The summed E-state index contributed by atoms with van der Waals surface area (Å²) in [6.07, 6.45) is 8.30. The number of hydrogen-bond donors (Lipinski definition) is 0. The van der Waals surface area contributed by atoms with Crippen LogP contribution in [0.1, 0.15) is 25.8 Å². The van der Waals surface area contributed by atoms with Gasteiger partial charge in [-0.15, -0.1) is 12.1 Å². The van der Waals surface area contributed by atoms with Gasteiger partial charge < -0.3 is 9.64 Å². The summed E-state index contributed by atoms with van der Waals surface area (Å²) in [5.74, 6) is 0.206. The zero-order valence-electron chi connectivity index (χ0n) is 13.0. The van der Waals surface area contributed by atoms with Gasteiger partial charge in [-0.3, -0.25) is 4.79 Å². The Morgan fingerprint density at radius 2 is 2.04 bits per heavy atom. The van der Waals surface area contributed by atoms with E-state index >= 15 is 0 Å². The van der Waals surface area contributed by atoms with Crippen molar-refractivity contribution in [1.29, 1.82) is 0 Å². The van der Waals surface area contributed by atoms with Crippen LogP contribution >= 0.6 is 0 Å². The molecule has 1 aliphatic rings. The van der Waals surface area contributed by atoms with E-state index in [4.69, 9.17) is 11.2 Å². The van der Waals surface area contributed by atoms with E-state index in [2.05, 4.69) is 12.0 Å². The minimum atomic E-state index is -0.810. The third-order valence-corrected chi connectivity index (χ3v) is 3.42. The van der Waals surface area contributed by atoms with E-state index in [0.717, 1.165) is 12.1 Å². The van der Waals surface area contributed by atoms with E-state index in [9.17, 15) is 13.6 Å². The van der Waals surface area contributed by atoms with Crippen LogP contribution in [0.25, 0.3) is 5.70 Å². The molecule has 6 heteroatoms. The second kappa shape index (κ2) is 8.56. The Morgan fingerprint density at radius 1 is 1.43 bits per heavy atom. The van der Waals surface area contributed by atoms with Gasteiger partial charge in [-0.05, 0) is 19.1 Å². The van der Waals surface area contributed by atoms with E-state index in [1.54, 1.807) is 13.8 Å². The maximum atomic E-state index is 14.3. The SMILES string of the molecule is C#CCOc1cc(F)c(C2=[C-]CC(C)C(=O)N2CC)c(F)c1.[Y]. The quantitative estimate of drug-likeness (QED) is 0.582. The van der Waals surface area contributed by atoms with Crippen molar-refractivity contribution in [2.24, 2.45) is 5.92 Å². The summed E-state index contributed by atoms with van der Waals surface area (Å²) >= 11 is 0. The number of ether oxygens (including phenoxy) is 1. The fraction of sp³-hybridized carbons (Fsp3) is 0.353. The molecule has 1 aromatic carbocycles. The second-order valence-corrected chi connectivity index (χ2v) is 4.97. The Kier molecular flexibility index (Phi) is 7.37. The molecule has 0 aromatic heterocycles. The molecule has 119 valence electrons. The number of rotatable bonds is 4. The number of halogens is 2. The normalized spacial score (nSPS) is 17.2. The van der Waals surface area contributed by atoms with E-state index in [0.29, 0.717) is 13.0 Å². The molecule has 1 aliphatic heterocycles. The van der Waals surface area contributed by atoms with E-state index in [-0.39, 0.29) is 68.2 Å². The predicted octanol–water partition coefficient (Wildman–Crippen LogP) is 3.01. The molecule has 1 radical (unpaired) electrons. The van der Waals surface area contributed by atoms with Gasteiger partial charge in [0.2, 0.25) is 5.91 Å². The van der Waals surface area contributed by atoms with Crippen LogP contribution in [0.2, 0.25) is 0 Å². The number of carbonyl (C=O) groups excluding carboxylic acids is 1. The maximum absolute atomic E-state index is 14.3. The first-order chi connectivity index (χ1) is 10.5. The molecule has 0 N–H and O–H groups in total. The Hall–Kier alpha value is -1.25. The van der Waals surface area contributed by atoms with Gasteiger partial charge in [0.05, 0.1) is 11.6 Å². The van der Waals surface area contributed by atoms with Crippen molar-refractivity contribution in [2.75, 3.05) is 13.2 Å². The molecule has 1 unspecified atom stereocenters. The summed E-state index contributed by atoms with van der Waals surface area (Å²) < 4.78 is 33.6. The number of terminal acetylenes is 1. The van der Waals surface area contributed by atoms with Crippen LogP contribution in [-0.4, -0.2) is 24.0 Å². The summed E-state index contributed by atoms with van der Waals surface area (Å²) in [5, 5.41) is 0. The molecule has 0 bridgehead atoms. The van der Waals surface area contributed by atoms with Crippen LogP contribution in [0.4, 0.5) is 8.78 Å². The number of carbonyl (C=O) groups is 1. The van der Waals surface area contributed by atoms with Gasteiger partial charge in [0.15, 0.2) is 0 Å². The smallest absolute Gasteiger partial charge is 0.225 e. The first kappa shape index (κ1) is 19.8. The average Bonchev–Trinajstić information content (AvgIpc) is 2.48. The van der Waals surface area contributed by atoms with Crippen LogP contribution in [0, 0.1) is 36.0 Å². The van der Waals surface area contributed by atoms with Crippen molar-refractivity contribution in [2.45, 2.75) is 20.3 Å². The molecule has 0 saturated heterocycles. The molecule has 3 nitrogen and oxygen atoms in total. The second-order valence-electron chi connectivity index (χ2n) is 4.97. The molecule has 1 amide bonds. The molecular weight excluding hydrogens is 377 g/mol. The first-order valence-corrected chi connectivity index (χ1v) is 6.97. The standard InChI is InChI=1S/C17H16F2NO2.Y/c1-4-8-22-12-9-13(18)16(14(19)10-12)15-7-6-11(3)17(21)20(15)5-2;/h1,9-11H,5-6,8H2,2-3H3;/q-1;. The van der Waals surface area contributed by atoms with Gasteiger partial charge in [-0.2, -0.15) is 0 Å². The van der Waals surface area contributed by atoms with Crippen molar-refractivity contribution in [3.63, 3.8) is 0 Å². The average molecular weight is 393 g/mol. The van der Waals surface area contributed by atoms with Crippen LogP contribution in [0.3, 0.4) is 0 Å². The minimum absolute atomic E-state index is 0. The molecule has 0 saturated carbocycles. The number of amides is 1. The zero-order valence-corrected chi connectivity index (χ0v) is 15.9. The Morgan fingerprint density at radius 3 is 2.57 bits per heavy atom. The van der Waals surface area contributed by atoms with Gasteiger partial charge in [0.1, 0.15) is 12.4 Å². The van der Waals surface area contributed by atoms with E-state index < -0.39 is 11.6 Å². The predicted molar refractivity (Wildman–Crippen MR) is 78.5 cm³/mol. The van der Waals surface area contributed by atoms with Gasteiger partial charge in [-0.25, -0.2) is 14.9 Å². The van der Waals surface area contributed by atoms with Crippen molar-refractivity contribution >= 4 is 11.6 Å². The Labute approximate surface area is 159 Å². The summed E-state index contributed by atoms with van der Waals surface area (Å²) in [6.45, 7) is 3.75. The van der Waals surface area contributed by atoms with Crippen molar-refractivity contribution in [3.8, 4) is 18.1 Å². The van der Waals surface area contributed by atoms with E-state index in [1.807, 2.05) is 0 Å². The van der Waals surface area contributed by atoms with Gasteiger partial charge >= 0.3 is 0 Å². The number of nitrogens with zero attached hydrogens (tertiary/aromatic N) is 1. The number of allylic oxidation sites excluding steroid dienone is 1. The fourth-order valence-electron chi connectivity index (χ4n) is 2.33. The van der Waals surface area contributed by atoms with Crippen molar-refractivity contribution in [1.82, 2.24) is 4.90 Å². The third-order valence-electron chi connectivity index (χ3n) is 3.42. The molecule has 1 aromatic rings. The zero-order chi connectivity index (χ0) is 16.3. The van der Waals surface area contributed by atoms with Crippen LogP contribution in [0.15, 0.2) is 12.1 Å². The minimum Gasteiger partial charge on any atom is -0.481 e. The first-order valence-electron chi connectivity index (χ1n) is 6.97. The number of benzene rings is 1. The van der Waals surface area contributed by atoms with Crippen LogP contribution in [0.5, 0.6) is 5.75 Å². The van der Waals surface area contributed by atoms with E-state index in [1.165, 1.54) is 4.90 Å². The topological polar surface area (TPSA) is 29.5 Å². The van der Waals surface area contributed by atoms with Gasteiger partial charge in [0.25, 0.3) is 0 Å². The Bertz CT molecular complexity index is 644. The maximum Gasteiger partial charge on any atom is 0.225 e. The monoisotopic (exact) mass is 393 g/mol. The Balaban J connectivity index is 0.00000264. The molecule has 0 spiro atoms. The summed E-state index contributed by atoms with van der Waals surface area (Å²) in [6, 6.07) is 2.11. The van der Waals surface area contributed by atoms with Crippen LogP contribution < -0.4 is 4.74 Å². The third kappa shape index (κ3) is 4.19. The largest absolute Gasteiger partial charge is 0.481 e. The molecular formula is C17H16F2NO2Y-. The molecule has 0 aliphatic carbocycles. The molecule has 23 heavy (non-hydrogen) atoms. The summed E-state index contributed by atoms with van der Waals surface area (Å²) in [4.78, 5) is 13.5. The van der Waals surface area contributed by atoms with Gasteiger partial charge in [-0.1, -0.05) is 24.8 Å². The molecule has 0 fully saturated rings. The molecule has 1 heterocycles.